The summed E-state index contributed by atoms with van der Waals surface area (Å²) < 4.78 is 37.3. The number of amides is 5. The molecule has 7 rings (SSSR count). The number of anilines is 6. The summed E-state index contributed by atoms with van der Waals surface area (Å²) in [5, 5.41) is 13.8. The van der Waals surface area contributed by atoms with Crippen LogP contribution in [0, 0.1) is 0 Å². The molecule has 19 nitrogen and oxygen atoms in total. The number of hydrogen-bond donors (Lipinski definition) is 5. The second-order valence-electron chi connectivity index (χ2n) is 15.7. The van der Waals surface area contributed by atoms with E-state index >= 15 is 0 Å². The molecular formula is C44H51ClN10O9S. The van der Waals surface area contributed by atoms with Gasteiger partial charge in [0, 0.05) is 62.8 Å². The maximum Gasteiger partial charge on any atom is 0.264 e. The fraction of sp³-hybridized carbons (Fsp3) is 0.386. The molecule has 65 heavy (non-hydrogen) atoms. The van der Waals surface area contributed by atoms with Crippen molar-refractivity contribution in [1.29, 1.82) is 0 Å². The number of aromatic nitrogens is 2. The van der Waals surface area contributed by atoms with E-state index in [0.717, 1.165) is 49.0 Å². The van der Waals surface area contributed by atoms with E-state index in [1.165, 1.54) is 12.3 Å². The maximum absolute atomic E-state index is 13.3. The molecule has 0 aliphatic carbocycles. The third kappa shape index (κ3) is 11.4. The summed E-state index contributed by atoms with van der Waals surface area (Å²) in [6, 6.07) is 18.2. The summed E-state index contributed by atoms with van der Waals surface area (Å²) in [6.07, 6.45) is 1.53. The first kappa shape index (κ1) is 46.8. The van der Waals surface area contributed by atoms with Crippen LogP contribution in [0.2, 0.25) is 5.02 Å². The highest BCUT2D eigenvalue weighted by atomic mass is 35.5. The Labute approximate surface area is 381 Å². The van der Waals surface area contributed by atoms with E-state index in [-0.39, 0.29) is 65.3 Å². The lowest BCUT2D eigenvalue weighted by molar-refractivity contribution is -0.136. The molecule has 2 saturated heterocycles. The van der Waals surface area contributed by atoms with Gasteiger partial charge in [0.15, 0.2) is 15.7 Å². The highest BCUT2D eigenvalue weighted by molar-refractivity contribution is 7.92. The molecular weight excluding hydrogens is 880 g/mol. The van der Waals surface area contributed by atoms with E-state index in [2.05, 4.69) is 46.4 Å². The first-order valence-electron chi connectivity index (χ1n) is 21.3. The van der Waals surface area contributed by atoms with Crippen LogP contribution in [0.4, 0.5) is 34.5 Å². The van der Waals surface area contributed by atoms with E-state index in [0.29, 0.717) is 37.1 Å². The number of imide groups is 2. The van der Waals surface area contributed by atoms with Crippen LogP contribution in [0.25, 0.3) is 0 Å². The number of rotatable bonds is 20. The molecule has 5 N–H and O–H groups in total. The summed E-state index contributed by atoms with van der Waals surface area (Å²) in [4.78, 5) is 77.3. The maximum atomic E-state index is 13.3. The number of halogens is 1. The molecule has 0 radical (unpaired) electrons. The minimum Gasteiger partial charge on any atom is -0.378 e. The number of sulfone groups is 1. The Morgan fingerprint density at radius 3 is 2.34 bits per heavy atom. The molecule has 1 unspecified atom stereocenters. The fourth-order valence-corrected chi connectivity index (χ4v) is 8.85. The zero-order valence-electron chi connectivity index (χ0n) is 36.0. The number of nitrogens with zero attached hydrogens (tertiary/aromatic N) is 5. The van der Waals surface area contributed by atoms with Crippen molar-refractivity contribution in [3.63, 3.8) is 0 Å². The number of hydrogen-bond acceptors (Lipinski definition) is 16. The molecule has 3 aromatic carbocycles. The highest BCUT2D eigenvalue weighted by Crippen LogP contribution is 2.33. The van der Waals surface area contributed by atoms with Gasteiger partial charge in [-0.2, -0.15) is 4.98 Å². The van der Waals surface area contributed by atoms with Crippen molar-refractivity contribution in [1.82, 2.24) is 30.4 Å². The lowest BCUT2D eigenvalue weighted by Crippen LogP contribution is -2.54. The van der Waals surface area contributed by atoms with Crippen molar-refractivity contribution in [2.24, 2.45) is 0 Å². The number of ether oxygens (including phenoxy) is 2. The molecule has 5 amide bonds. The molecule has 0 saturated carbocycles. The zero-order valence-corrected chi connectivity index (χ0v) is 37.5. The van der Waals surface area contributed by atoms with Crippen LogP contribution < -0.4 is 31.5 Å². The number of piperazine rings is 1. The van der Waals surface area contributed by atoms with Gasteiger partial charge in [0.05, 0.1) is 66.1 Å². The van der Waals surface area contributed by atoms with E-state index in [1.54, 1.807) is 50.2 Å². The standard InChI is InChI=1S/C44H51ClN10O9S/c1-28(2)65(61,62)36-9-4-3-7-33(36)50-40-32(45)26-48-44(52-40)49-29-10-12-30(13-11-29)54-19-17-53(18-20-54)21-23-64-25-24-63-22-16-46-38(57)27-47-34-8-5-6-31-39(34)43(60)55(42(31)59)35-14-15-37(56)51-41(35)58/h3-13,26,28,35,47H,14-25,27H2,1-2H3,(H,46,57)(H,51,56,58)(H2,48,49,50,52). The SMILES string of the molecule is CC(C)S(=O)(=O)c1ccccc1Nc1nc(Nc2ccc(N3CCN(CCOCCOCCNC(=O)CNc4cccc5c4C(=O)N(C4CCC(=O)NC4=O)C5=O)CC3)cc2)ncc1Cl. The average Bonchev–Trinajstić information content (AvgIpc) is 3.55. The molecule has 1 aromatic heterocycles. The summed E-state index contributed by atoms with van der Waals surface area (Å²) in [7, 11) is -3.55. The van der Waals surface area contributed by atoms with E-state index < -0.39 is 44.8 Å². The lowest BCUT2D eigenvalue weighted by Gasteiger charge is -2.36. The number of piperidine rings is 1. The number of benzene rings is 3. The van der Waals surface area contributed by atoms with Crippen LogP contribution >= 0.6 is 11.6 Å². The Bertz CT molecular complexity index is 2520. The van der Waals surface area contributed by atoms with Crippen LogP contribution in [0.15, 0.2) is 77.8 Å². The molecule has 21 heteroatoms. The smallest absolute Gasteiger partial charge is 0.264 e. The highest BCUT2D eigenvalue weighted by Gasteiger charge is 2.45. The minimum atomic E-state index is -3.55. The first-order valence-corrected chi connectivity index (χ1v) is 23.2. The van der Waals surface area contributed by atoms with Crippen LogP contribution in [-0.4, -0.2) is 141 Å². The summed E-state index contributed by atoms with van der Waals surface area (Å²) in [5.41, 5.74) is 2.74. The van der Waals surface area contributed by atoms with E-state index in [4.69, 9.17) is 21.1 Å². The van der Waals surface area contributed by atoms with E-state index in [9.17, 15) is 32.4 Å². The Kier molecular flexibility index (Phi) is 15.3. The third-order valence-electron chi connectivity index (χ3n) is 11.1. The second kappa shape index (κ2) is 21.2. The van der Waals surface area contributed by atoms with Gasteiger partial charge >= 0.3 is 0 Å². The van der Waals surface area contributed by atoms with Crippen LogP contribution in [0.3, 0.4) is 0 Å². The molecule has 0 spiro atoms. The molecule has 3 aliphatic heterocycles. The van der Waals surface area contributed by atoms with Crippen LogP contribution in [0.5, 0.6) is 0 Å². The van der Waals surface area contributed by atoms with Crippen molar-refractivity contribution in [2.45, 2.75) is 42.9 Å². The van der Waals surface area contributed by atoms with Crippen molar-refractivity contribution < 1.29 is 41.9 Å². The monoisotopic (exact) mass is 930 g/mol. The van der Waals surface area contributed by atoms with Gasteiger partial charge in [-0.05, 0) is 68.8 Å². The lowest BCUT2D eigenvalue weighted by atomic mass is 10.0. The first-order chi connectivity index (χ1) is 31.3. The Morgan fingerprint density at radius 1 is 0.877 bits per heavy atom. The van der Waals surface area contributed by atoms with Gasteiger partial charge in [-0.15, -0.1) is 0 Å². The molecule has 4 heterocycles. The average molecular weight is 931 g/mol. The van der Waals surface area contributed by atoms with Gasteiger partial charge in [-0.3, -0.25) is 39.1 Å². The number of carbonyl (C=O) groups excluding carboxylic acids is 5. The van der Waals surface area contributed by atoms with Gasteiger partial charge in [-0.1, -0.05) is 29.8 Å². The number of nitrogens with one attached hydrogen (secondary N) is 5. The molecule has 1 atom stereocenters. The Hall–Kier alpha value is -6.19. The zero-order chi connectivity index (χ0) is 46.1. The number of carbonyl (C=O) groups is 5. The van der Waals surface area contributed by atoms with Gasteiger partial charge in [0.2, 0.25) is 23.7 Å². The molecule has 0 bridgehead atoms. The fourth-order valence-electron chi connectivity index (χ4n) is 7.51. The third-order valence-corrected chi connectivity index (χ3v) is 13.6. The van der Waals surface area contributed by atoms with Crippen LogP contribution in [-0.2, 0) is 33.7 Å². The Morgan fingerprint density at radius 2 is 1.60 bits per heavy atom. The largest absolute Gasteiger partial charge is 0.378 e. The Balaban J connectivity index is 0.751. The number of fused-ring (bicyclic) bond motifs is 1. The molecule has 4 aromatic rings. The van der Waals surface area contributed by atoms with Gasteiger partial charge in [0.1, 0.15) is 11.1 Å². The van der Waals surface area contributed by atoms with Crippen molar-refractivity contribution in [2.75, 3.05) is 93.1 Å². The predicted molar refractivity (Wildman–Crippen MR) is 244 cm³/mol. The summed E-state index contributed by atoms with van der Waals surface area (Å²) in [6.45, 7) is 9.25. The molecule has 3 aliphatic rings. The van der Waals surface area contributed by atoms with Gasteiger partial charge in [0.25, 0.3) is 11.8 Å². The van der Waals surface area contributed by atoms with Crippen molar-refractivity contribution in [3.8, 4) is 0 Å². The molecule has 2 fully saturated rings. The quantitative estimate of drug-likeness (QED) is 0.0630. The van der Waals surface area contributed by atoms with Gasteiger partial charge < -0.3 is 35.6 Å². The summed E-state index contributed by atoms with van der Waals surface area (Å²) in [5.74, 6) is -2.19. The van der Waals surface area contributed by atoms with Crippen molar-refractivity contribution in [3.05, 3.63) is 89.1 Å². The second-order valence-corrected chi connectivity index (χ2v) is 18.6. The minimum absolute atomic E-state index is 0.0221. The van der Waals surface area contributed by atoms with Crippen molar-refractivity contribution >= 4 is 85.5 Å². The van der Waals surface area contributed by atoms with E-state index in [1.807, 2.05) is 24.3 Å². The molecule has 344 valence electrons. The topological polar surface area (TPSA) is 234 Å². The van der Waals surface area contributed by atoms with Crippen LogP contribution in [0.1, 0.15) is 47.4 Å². The predicted octanol–water partition coefficient (Wildman–Crippen LogP) is 3.58. The number of para-hydroxylation sites is 1. The normalized spacial score (nSPS) is 16.7. The van der Waals surface area contributed by atoms with Gasteiger partial charge in [-0.25, -0.2) is 13.4 Å². The summed E-state index contributed by atoms with van der Waals surface area (Å²) >= 11 is 6.40.